The Morgan fingerprint density at radius 1 is 1.17 bits per heavy atom. The van der Waals surface area contributed by atoms with Crippen molar-refractivity contribution in [1.82, 2.24) is 0 Å². The van der Waals surface area contributed by atoms with Crippen LogP contribution in [0, 0.1) is 5.41 Å². The van der Waals surface area contributed by atoms with E-state index in [9.17, 15) is 0 Å². The van der Waals surface area contributed by atoms with Crippen LogP contribution in [0.3, 0.4) is 0 Å². The lowest BCUT2D eigenvalue weighted by atomic mass is 9.84. The molecule has 0 fully saturated rings. The van der Waals surface area contributed by atoms with E-state index in [1.807, 2.05) is 0 Å². The summed E-state index contributed by atoms with van der Waals surface area (Å²) in [6.07, 6.45) is 4.33. The van der Waals surface area contributed by atoms with Gasteiger partial charge in [-0.3, -0.25) is 0 Å². The number of hydrogen-bond donors (Lipinski definition) is 1. The highest BCUT2D eigenvalue weighted by Gasteiger charge is 2.16. The maximum absolute atomic E-state index is 8.61. The zero-order valence-electron chi connectivity index (χ0n) is 8.60. The van der Waals surface area contributed by atoms with Gasteiger partial charge in [0.2, 0.25) is 0 Å². The molecule has 0 aliphatic carbocycles. The summed E-state index contributed by atoms with van der Waals surface area (Å²) in [4.78, 5) is 0. The van der Waals surface area contributed by atoms with E-state index in [1.165, 1.54) is 6.42 Å². The van der Waals surface area contributed by atoms with Crippen LogP contribution in [0.4, 0.5) is 0 Å². The van der Waals surface area contributed by atoms with Gasteiger partial charge in [-0.1, -0.05) is 20.3 Å². The van der Waals surface area contributed by atoms with Gasteiger partial charge in [0.25, 0.3) is 0 Å². The highest BCUT2D eigenvalue weighted by atomic mass is 16.5. The number of methoxy groups -OCH3 is 1. The summed E-state index contributed by atoms with van der Waals surface area (Å²) < 4.78 is 5.03. The molecule has 0 radical (unpaired) electrons. The van der Waals surface area contributed by atoms with Crippen LogP contribution >= 0.6 is 0 Å². The summed E-state index contributed by atoms with van der Waals surface area (Å²) in [5.74, 6) is 0. The zero-order valence-corrected chi connectivity index (χ0v) is 8.60. The minimum atomic E-state index is 0.320. The van der Waals surface area contributed by atoms with Crippen LogP contribution in [-0.2, 0) is 4.74 Å². The van der Waals surface area contributed by atoms with E-state index >= 15 is 0 Å². The summed E-state index contributed by atoms with van der Waals surface area (Å²) in [5.41, 5.74) is 0.366. The van der Waals surface area contributed by atoms with Crippen LogP contribution in [0.5, 0.6) is 0 Å². The lowest BCUT2D eigenvalue weighted by Gasteiger charge is -2.23. The minimum Gasteiger partial charge on any atom is -0.396 e. The topological polar surface area (TPSA) is 29.5 Å². The van der Waals surface area contributed by atoms with Crippen molar-refractivity contribution in [1.29, 1.82) is 0 Å². The summed E-state index contributed by atoms with van der Waals surface area (Å²) in [7, 11) is 1.74. The molecular weight excluding hydrogens is 152 g/mol. The number of rotatable bonds is 7. The molecule has 0 aromatic heterocycles. The standard InChI is InChI=1S/C10H22O2/c1-10(2,7-9-12-3)6-4-5-8-11/h11H,4-9H2,1-3H3. The Bertz CT molecular complexity index is 100. The molecular formula is C10H22O2. The predicted molar refractivity (Wildman–Crippen MR) is 51.2 cm³/mol. The van der Waals surface area contributed by atoms with Gasteiger partial charge in [0.1, 0.15) is 0 Å². The summed E-state index contributed by atoms with van der Waals surface area (Å²) in [6.45, 7) is 5.67. The Morgan fingerprint density at radius 3 is 2.33 bits per heavy atom. The third-order valence-corrected chi connectivity index (χ3v) is 2.24. The lowest BCUT2D eigenvalue weighted by Crippen LogP contribution is -2.14. The molecule has 0 aliphatic heterocycles. The SMILES string of the molecule is COCCC(C)(C)CCCCO. The van der Waals surface area contributed by atoms with Gasteiger partial charge in [-0.15, -0.1) is 0 Å². The van der Waals surface area contributed by atoms with Crippen LogP contribution in [0.2, 0.25) is 0 Å². The van der Waals surface area contributed by atoms with Gasteiger partial charge in [0.05, 0.1) is 0 Å². The number of aliphatic hydroxyl groups is 1. The van der Waals surface area contributed by atoms with Crippen molar-refractivity contribution in [3.63, 3.8) is 0 Å². The molecule has 1 N–H and O–H groups in total. The minimum absolute atomic E-state index is 0.320. The van der Waals surface area contributed by atoms with Crippen LogP contribution in [0.15, 0.2) is 0 Å². The fraction of sp³-hybridized carbons (Fsp3) is 1.00. The van der Waals surface area contributed by atoms with Crippen molar-refractivity contribution in [2.45, 2.75) is 39.5 Å². The molecule has 0 bridgehead atoms. The molecule has 0 aromatic rings. The molecule has 0 saturated heterocycles. The third-order valence-electron chi connectivity index (χ3n) is 2.24. The number of hydrogen-bond acceptors (Lipinski definition) is 2. The molecule has 0 heterocycles. The Morgan fingerprint density at radius 2 is 1.83 bits per heavy atom. The first-order chi connectivity index (χ1) is 5.62. The van der Waals surface area contributed by atoms with Crippen molar-refractivity contribution < 1.29 is 9.84 Å². The van der Waals surface area contributed by atoms with Gasteiger partial charge in [-0.25, -0.2) is 0 Å². The highest BCUT2D eigenvalue weighted by Crippen LogP contribution is 2.26. The summed E-state index contributed by atoms with van der Waals surface area (Å²) >= 11 is 0. The molecule has 0 aliphatic rings. The Kier molecular flexibility index (Phi) is 6.39. The van der Waals surface area contributed by atoms with Crippen molar-refractivity contribution >= 4 is 0 Å². The summed E-state index contributed by atoms with van der Waals surface area (Å²) in [5, 5.41) is 8.61. The molecule has 2 nitrogen and oxygen atoms in total. The van der Waals surface area contributed by atoms with E-state index in [1.54, 1.807) is 7.11 Å². The van der Waals surface area contributed by atoms with Gasteiger partial charge in [0.15, 0.2) is 0 Å². The van der Waals surface area contributed by atoms with Crippen LogP contribution < -0.4 is 0 Å². The number of unbranched alkanes of at least 4 members (excludes halogenated alkanes) is 1. The van der Waals surface area contributed by atoms with Gasteiger partial charge in [0, 0.05) is 20.3 Å². The molecule has 12 heavy (non-hydrogen) atoms. The van der Waals surface area contributed by atoms with Gasteiger partial charge in [-0.2, -0.15) is 0 Å². The molecule has 2 heteroatoms. The van der Waals surface area contributed by atoms with Crippen molar-refractivity contribution in [2.24, 2.45) is 5.41 Å². The number of aliphatic hydroxyl groups excluding tert-OH is 1. The van der Waals surface area contributed by atoms with Crippen molar-refractivity contribution in [2.75, 3.05) is 20.3 Å². The number of ether oxygens (including phenoxy) is 1. The van der Waals surface area contributed by atoms with Crippen molar-refractivity contribution in [3.05, 3.63) is 0 Å². The smallest absolute Gasteiger partial charge is 0.0467 e. The lowest BCUT2D eigenvalue weighted by molar-refractivity contribution is 0.144. The molecule has 0 rings (SSSR count). The van der Waals surface area contributed by atoms with E-state index in [0.29, 0.717) is 12.0 Å². The Labute approximate surface area is 75.9 Å². The highest BCUT2D eigenvalue weighted by molar-refractivity contribution is 4.67. The second kappa shape index (κ2) is 6.44. The fourth-order valence-electron chi connectivity index (χ4n) is 1.22. The van der Waals surface area contributed by atoms with Crippen molar-refractivity contribution in [3.8, 4) is 0 Å². The third kappa shape index (κ3) is 6.62. The van der Waals surface area contributed by atoms with E-state index in [4.69, 9.17) is 9.84 Å². The van der Waals surface area contributed by atoms with E-state index < -0.39 is 0 Å². The van der Waals surface area contributed by atoms with E-state index in [-0.39, 0.29) is 0 Å². The fourth-order valence-corrected chi connectivity index (χ4v) is 1.22. The molecule has 0 spiro atoms. The molecule has 74 valence electrons. The normalized spacial score (nSPS) is 12.0. The average Bonchev–Trinajstić information content (AvgIpc) is 2.01. The van der Waals surface area contributed by atoms with Crippen LogP contribution in [-0.4, -0.2) is 25.4 Å². The summed E-state index contributed by atoms with van der Waals surface area (Å²) in [6, 6.07) is 0. The Hall–Kier alpha value is -0.0800. The molecule has 0 unspecified atom stereocenters. The second-order valence-corrected chi connectivity index (χ2v) is 4.09. The average molecular weight is 174 g/mol. The quantitative estimate of drug-likeness (QED) is 0.600. The first-order valence-electron chi connectivity index (χ1n) is 4.72. The molecule has 0 aromatic carbocycles. The molecule has 0 atom stereocenters. The van der Waals surface area contributed by atoms with Gasteiger partial charge in [-0.05, 0) is 24.7 Å². The van der Waals surface area contributed by atoms with Crippen LogP contribution in [0.25, 0.3) is 0 Å². The van der Waals surface area contributed by atoms with Crippen LogP contribution in [0.1, 0.15) is 39.5 Å². The maximum atomic E-state index is 8.61. The Balaban J connectivity index is 3.42. The maximum Gasteiger partial charge on any atom is 0.0467 e. The van der Waals surface area contributed by atoms with E-state index in [2.05, 4.69) is 13.8 Å². The molecule has 0 saturated carbocycles. The largest absolute Gasteiger partial charge is 0.396 e. The zero-order chi connectivity index (χ0) is 9.45. The first kappa shape index (κ1) is 11.9. The van der Waals surface area contributed by atoms with E-state index in [0.717, 1.165) is 25.9 Å². The molecule has 0 amide bonds. The van der Waals surface area contributed by atoms with Gasteiger partial charge < -0.3 is 9.84 Å². The monoisotopic (exact) mass is 174 g/mol. The first-order valence-corrected chi connectivity index (χ1v) is 4.72. The second-order valence-electron chi connectivity index (χ2n) is 4.09. The van der Waals surface area contributed by atoms with Gasteiger partial charge >= 0.3 is 0 Å². The predicted octanol–water partition coefficient (Wildman–Crippen LogP) is 2.21.